The lowest BCUT2D eigenvalue weighted by Crippen LogP contribution is -2.37. The number of halogens is 1. The molecule has 1 aliphatic rings. The molecule has 1 saturated heterocycles. The predicted octanol–water partition coefficient (Wildman–Crippen LogP) is 2.85. The van der Waals surface area contributed by atoms with Gasteiger partial charge in [0.1, 0.15) is 0 Å². The van der Waals surface area contributed by atoms with Crippen molar-refractivity contribution in [2.75, 3.05) is 13.1 Å². The van der Waals surface area contributed by atoms with Crippen LogP contribution in [0.1, 0.15) is 37.3 Å². The predicted molar refractivity (Wildman–Crippen MR) is 89.9 cm³/mol. The Morgan fingerprint density at radius 1 is 1.33 bits per heavy atom. The van der Waals surface area contributed by atoms with Gasteiger partial charge in [0, 0.05) is 12.5 Å². The molecule has 0 bridgehead atoms. The Kier molecular flexibility index (Phi) is 7.76. The Balaban J connectivity index is 0.00000220. The van der Waals surface area contributed by atoms with E-state index >= 15 is 0 Å². The molecule has 0 radical (unpaired) electrons. The highest BCUT2D eigenvalue weighted by Crippen LogP contribution is 2.16. The van der Waals surface area contributed by atoms with Crippen molar-refractivity contribution in [1.29, 1.82) is 0 Å². The van der Waals surface area contributed by atoms with Crippen molar-refractivity contribution < 1.29 is 4.79 Å². The first-order chi connectivity index (χ1) is 9.65. The highest BCUT2D eigenvalue weighted by Gasteiger charge is 2.17. The monoisotopic (exact) mass is 310 g/mol. The van der Waals surface area contributed by atoms with Crippen LogP contribution < -0.4 is 10.6 Å². The SMILES string of the molecule is Cc1ccccc1CC(C)NC(=O)CC1CCNCC1.Cl. The number of piperidine rings is 1. The van der Waals surface area contributed by atoms with E-state index in [1.807, 2.05) is 0 Å². The van der Waals surface area contributed by atoms with Gasteiger partial charge in [0.25, 0.3) is 0 Å². The molecule has 0 saturated carbocycles. The summed E-state index contributed by atoms with van der Waals surface area (Å²) in [5, 5.41) is 6.48. The van der Waals surface area contributed by atoms with Gasteiger partial charge in [-0.05, 0) is 63.2 Å². The van der Waals surface area contributed by atoms with Crippen molar-refractivity contribution in [2.45, 2.75) is 45.6 Å². The molecule has 1 fully saturated rings. The van der Waals surface area contributed by atoms with Crippen LogP contribution in [0.15, 0.2) is 24.3 Å². The quantitative estimate of drug-likeness (QED) is 0.878. The highest BCUT2D eigenvalue weighted by molar-refractivity contribution is 5.85. The molecular formula is C17H27ClN2O. The van der Waals surface area contributed by atoms with E-state index in [1.165, 1.54) is 11.1 Å². The Labute approximate surface area is 134 Å². The van der Waals surface area contributed by atoms with E-state index in [4.69, 9.17) is 0 Å². The van der Waals surface area contributed by atoms with E-state index in [0.717, 1.165) is 32.4 Å². The van der Waals surface area contributed by atoms with Crippen molar-refractivity contribution in [3.05, 3.63) is 35.4 Å². The topological polar surface area (TPSA) is 41.1 Å². The first kappa shape index (κ1) is 18.0. The van der Waals surface area contributed by atoms with E-state index in [0.29, 0.717) is 12.3 Å². The summed E-state index contributed by atoms with van der Waals surface area (Å²) < 4.78 is 0. The van der Waals surface area contributed by atoms with Crippen molar-refractivity contribution in [3.63, 3.8) is 0 Å². The molecule has 3 nitrogen and oxygen atoms in total. The molecule has 1 amide bonds. The first-order valence-corrected chi connectivity index (χ1v) is 7.69. The lowest BCUT2D eigenvalue weighted by molar-refractivity contribution is -0.122. The van der Waals surface area contributed by atoms with Crippen molar-refractivity contribution in [2.24, 2.45) is 5.92 Å². The molecule has 1 aromatic carbocycles. The molecule has 4 heteroatoms. The summed E-state index contributed by atoms with van der Waals surface area (Å²) in [6.45, 7) is 6.32. The molecule has 1 atom stereocenters. The number of hydrogen-bond acceptors (Lipinski definition) is 2. The number of carbonyl (C=O) groups excluding carboxylic acids is 1. The number of nitrogens with one attached hydrogen (secondary N) is 2. The van der Waals surface area contributed by atoms with Crippen LogP contribution in [0.25, 0.3) is 0 Å². The third kappa shape index (κ3) is 6.06. The summed E-state index contributed by atoms with van der Waals surface area (Å²) >= 11 is 0. The van der Waals surface area contributed by atoms with Gasteiger partial charge in [0.2, 0.25) is 5.91 Å². The van der Waals surface area contributed by atoms with Crippen molar-refractivity contribution in [3.8, 4) is 0 Å². The molecule has 1 unspecified atom stereocenters. The fraction of sp³-hybridized carbons (Fsp3) is 0.588. The maximum absolute atomic E-state index is 12.1. The summed E-state index contributed by atoms with van der Waals surface area (Å²) in [6, 6.07) is 8.58. The van der Waals surface area contributed by atoms with Crippen LogP contribution in [0.3, 0.4) is 0 Å². The number of amides is 1. The minimum absolute atomic E-state index is 0. The van der Waals surface area contributed by atoms with Gasteiger partial charge < -0.3 is 10.6 Å². The Bertz CT molecular complexity index is 444. The molecule has 2 rings (SSSR count). The van der Waals surface area contributed by atoms with Crippen LogP contribution in [0.2, 0.25) is 0 Å². The first-order valence-electron chi connectivity index (χ1n) is 7.69. The minimum atomic E-state index is 0. The number of aryl methyl sites for hydroxylation is 1. The summed E-state index contributed by atoms with van der Waals surface area (Å²) in [5.74, 6) is 0.764. The fourth-order valence-corrected chi connectivity index (χ4v) is 2.90. The van der Waals surface area contributed by atoms with E-state index < -0.39 is 0 Å². The maximum Gasteiger partial charge on any atom is 0.220 e. The van der Waals surface area contributed by atoms with Gasteiger partial charge in [-0.15, -0.1) is 12.4 Å². The van der Waals surface area contributed by atoms with Gasteiger partial charge in [0.05, 0.1) is 0 Å². The molecular weight excluding hydrogens is 284 g/mol. The maximum atomic E-state index is 12.1. The zero-order chi connectivity index (χ0) is 14.4. The third-order valence-corrected chi connectivity index (χ3v) is 4.13. The average Bonchev–Trinajstić information content (AvgIpc) is 2.42. The molecule has 0 aromatic heterocycles. The smallest absolute Gasteiger partial charge is 0.220 e. The molecule has 21 heavy (non-hydrogen) atoms. The Hall–Kier alpha value is -1.06. The molecule has 1 heterocycles. The lowest BCUT2D eigenvalue weighted by atomic mass is 9.94. The van der Waals surface area contributed by atoms with E-state index in [-0.39, 0.29) is 24.4 Å². The largest absolute Gasteiger partial charge is 0.353 e. The third-order valence-electron chi connectivity index (χ3n) is 4.13. The number of rotatable bonds is 5. The van der Waals surface area contributed by atoms with E-state index in [2.05, 4.69) is 48.7 Å². The van der Waals surface area contributed by atoms with Crippen LogP contribution in [-0.4, -0.2) is 25.0 Å². The van der Waals surface area contributed by atoms with E-state index in [1.54, 1.807) is 0 Å². The zero-order valence-corrected chi connectivity index (χ0v) is 13.8. The van der Waals surface area contributed by atoms with Crippen LogP contribution in [0.5, 0.6) is 0 Å². The second kappa shape index (κ2) is 9.06. The van der Waals surface area contributed by atoms with Gasteiger partial charge in [-0.25, -0.2) is 0 Å². The second-order valence-corrected chi connectivity index (χ2v) is 6.00. The molecule has 1 aliphatic heterocycles. The molecule has 2 N–H and O–H groups in total. The van der Waals surface area contributed by atoms with Crippen molar-refractivity contribution >= 4 is 18.3 Å². The normalized spacial score (nSPS) is 16.9. The standard InChI is InChI=1S/C17H26N2O.ClH/c1-13-5-3-4-6-16(13)11-14(2)19-17(20)12-15-7-9-18-10-8-15;/h3-6,14-15,18H,7-12H2,1-2H3,(H,19,20);1H. The van der Waals surface area contributed by atoms with Crippen LogP contribution in [-0.2, 0) is 11.2 Å². The lowest BCUT2D eigenvalue weighted by Gasteiger charge is -2.23. The summed E-state index contributed by atoms with van der Waals surface area (Å²) in [6.07, 6.45) is 3.84. The minimum Gasteiger partial charge on any atom is -0.353 e. The van der Waals surface area contributed by atoms with Crippen LogP contribution in [0, 0.1) is 12.8 Å². The number of hydrogen-bond donors (Lipinski definition) is 2. The van der Waals surface area contributed by atoms with Gasteiger partial charge in [-0.3, -0.25) is 4.79 Å². The average molecular weight is 311 g/mol. The summed E-state index contributed by atoms with van der Waals surface area (Å²) in [7, 11) is 0. The summed E-state index contributed by atoms with van der Waals surface area (Å²) in [4.78, 5) is 12.1. The van der Waals surface area contributed by atoms with Gasteiger partial charge in [0.15, 0.2) is 0 Å². The van der Waals surface area contributed by atoms with Gasteiger partial charge >= 0.3 is 0 Å². The summed E-state index contributed by atoms with van der Waals surface area (Å²) in [5.41, 5.74) is 2.62. The molecule has 0 aliphatic carbocycles. The Morgan fingerprint density at radius 2 is 2.00 bits per heavy atom. The molecule has 118 valence electrons. The zero-order valence-electron chi connectivity index (χ0n) is 13.0. The second-order valence-electron chi connectivity index (χ2n) is 6.00. The number of carbonyl (C=O) groups is 1. The van der Waals surface area contributed by atoms with Crippen LogP contribution >= 0.6 is 12.4 Å². The van der Waals surface area contributed by atoms with E-state index in [9.17, 15) is 4.79 Å². The van der Waals surface area contributed by atoms with Gasteiger partial charge in [-0.2, -0.15) is 0 Å². The fourth-order valence-electron chi connectivity index (χ4n) is 2.90. The van der Waals surface area contributed by atoms with Gasteiger partial charge in [-0.1, -0.05) is 24.3 Å². The van der Waals surface area contributed by atoms with Crippen LogP contribution in [0.4, 0.5) is 0 Å². The molecule has 0 spiro atoms. The highest BCUT2D eigenvalue weighted by atomic mass is 35.5. The number of benzene rings is 1. The van der Waals surface area contributed by atoms with Crippen molar-refractivity contribution in [1.82, 2.24) is 10.6 Å². The Morgan fingerprint density at radius 3 is 2.67 bits per heavy atom. The molecule has 1 aromatic rings.